The molecule has 1 unspecified atom stereocenters. The second kappa shape index (κ2) is 4.11. The smallest absolute Gasteiger partial charge is 0.405 e. The van der Waals surface area contributed by atoms with Crippen molar-refractivity contribution in [3.8, 4) is 0 Å². The molecule has 1 aliphatic rings. The highest BCUT2D eigenvalue weighted by Crippen LogP contribution is 2.16. The summed E-state index contributed by atoms with van der Waals surface area (Å²) >= 11 is 11.7. The Morgan fingerprint density at radius 2 is 1.93 bits per heavy atom. The Labute approximate surface area is 93.2 Å². The van der Waals surface area contributed by atoms with Gasteiger partial charge < -0.3 is 9.31 Å². The number of benzene rings is 1. The highest BCUT2D eigenvalue weighted by atomic mass is 35.5. The van der Waals surface area contributed by atoms with Gasteiger partial charge in [-0.05, 0) is 30.6 Å². The van der Waals surface area contributed by atoms with Crippen molar-refractivity contribution in [1.82, 2.24) is 0 Å². The van der Waals surface area contributed by atoms with Crippen molar-refractivity contribution in [2.24, 2.45) is 0 Å². The molecule has 0 bridgehead atoms. The Balaban J connectivity index is 2.23. The molecule has 0 radical (unpaired) electrons. The van der Waals surface area contributed by atoms with Crippen LogP contribution in [-0.4, -0.2) is 19.8 Å². The molecule has 0 spiro atoms. The monoisotopic (exact) mass is 230 g/mol. The minimum atomic E-state index is -0.332. The van der Waals surface area contributed by atoms with Gasteiger partial charge in [0.1, 0.15) is 0 Å². The van der Waals surface area contributed by atoms with Crippen molar-refractivity contribution in [1.29, 1.82) is 0 Å². The molecule has 0 saturated carbocycles. The molecule has 0 aromatic heterocycles. The lowest BCUT2D eigenvalue weighted by Gasteiger charge is -2.06. The minimum absolute atomic E-state index is 0.123. The third kappa shape index (κ3) is 2.23. The number of halogens is 2. The van der Waals surface area contributed by atoms with E-state index in [0.717, 1.165) is 5.46 Å². The van der Waals surface area contributed by atoms with Crippen LogP contribution in [0.5, 0.6) is 0 Å². The van der Waals surface area contributed by atoms with Crippen molar-refractivity contribution in [2.75, 3.05) is 6.61 Å². The van der Waals surface area contributed by atoms with Crippen LogP contribution in [0, 0.1) is 0 Å². The summed E-state index contributed by atoms with van der Waals surface area (Å²) in [6.45, 7) is 2.57. The van der Waals surface area contributed by atoms with Gasteiger partial charge in [-0.25, -0.2) is 0 Å². The summed E-state index contributed by atoms with van der Waals surface area (Å²) < 4.78 is 10.9. The van der Waals surface area contributed by atoms with Gasteiger partial charge in [0.2, 0.25) is 0 Å². The van der Waals surface area contributed by atoms with Crippen LogP contribution >= 0.6 is 23.2 Å². The molecule has 5 heteroatoms. The first-order chi connectivity index (χ1) is 6.65. The Hall–Kier alpha value is -0.215. The number of rotatable bonds is 1. The van der Waals surface area contributed by atoms with Gasteiger partial charge in [-0.1, -0.05) is 23.2 Å². The van der Waals surface area contributed by atoms with Crippen LogP contribution in [0.15, 0.2) is 18.2 Å². The van der Waals surface area contributed by atoms with Crippen molar-refractivity contribution < 1.29 is 9.31 Å². The normalized spacial score (nSPS) is 21.6. The molecule has 1 heterocycles. The molecule has 0 N–H and O–H groups in total. The molecule has 2 nitrogen and oxygen atoms in total. The summed E-state index contributed by atoms with van der Waals surface area (Å²) in [6.07, 6.45) is 0.123. The van der Waals surface area contributed by atoms with Gasteiger partial charge in [0.15, 0.2) is 0 Å². The SMILES string of the molecule is CC1COB(c2cc(Cl)cc(Cl)c2)O1. The van der Waals surface area contributed by atoms with Gasteiger partial charge in [0.25, 0.3) is 0 Å². The average Bonchev–Trinajstić information content (AvgIpc) is 2.50. The summed E-state index contributed by atoms with van der Waals surface area (Å²) in [7, 11) is -0.332. The zero-order valence-electron chi connectivity index (χ0n) is 7.67. The average molecular weight is 231 g/mol. The van der Waals surface area contributed by atoms with Gasteiger partial charge in [-0.15, -0.1) is 0 Å². The molecule has 14 heavy (non-hydrogen) atoms. The quantitative estimate of drug-likeness (QED) is 0.689. The predicted molar refractivity (Wildman–Crippen MR) is 58.3 cm³/mol. The van der Waals surface area contributed by atoms with E-state index in [1.807, 2.05) is 6.92 Å². The van der Waals surface area contributed by atoms with E-state index in [-0.39, 0.29) is 13.2 Å². The van der Waals surface area contributed by atoms with Crippen LogP contribution < -0.4 is 5.46 Å². The van der Waals surface area contributed by atoms with Crippen LogP contribution in [0.4, 0.5) is 0 Å². The first-order valence-electron chi connectivity index (χ1n) is 4.38. The molecule has 74 valence electrons. The van der Waals surface area contributed by atoms with Gasteiger partial charge in [0.05, 0.1) is 12.7 Å². The highest BCUT2D eigenvalue weighted by Gasteiger charge is 2.30. The molecule has 0 aliphatic carbocycles. The van der Waals surface area contributed by atoms with Crippen LogP contribution in [0.3, 0.4) is 0 Å². The molecule has 2 rings (SSSR count). The predicted octanol–water partition coefficient (Wildman–Crippen LogP) is 2.12. The van der Waals surface area contributed by atoms with Crippen molar-refractivity contribution in [3.05, 3.63) is 28.2 Å². The molecule has 1 aromatic carbocycles. The van der Waals surface area contributed by atoms with Crippen LogP contribution in [0.25, 0.3) is 0 Å². The van der Waals surface area contributed by atoms with E-state index in [0.29, 0.717) is 16.7 Å². The first kappa shape index (κ1) is 10.3. The zero-order valence-corrected chi connectivity index (χ0v) is 9.18. The van der Waals surface area contributed by atoms with E-state index in [4.69, 9.17) is 32.5 Å². The first-order valence-corrected chi connectivity index (χ1v) is 5.14. The summed E-state index contributed by atoms with van der Waals surface area (Å²) in [5.41, 5.74) is 0.867. The van der Waals surface area contributed by atoms with E-state index in [2.05, 4.69) is 0 Å². The van der Waals surface area contributed by atoms with E-state index < -0.39 is 0 Å². The third-order valence-corrected chi connectivity index (χ3v) is 2.43. The third-order valence-electron chi connectivity index (χ3n) is 2.00. The zero-order chi connectivity index (χ0) is 10.1. The molecule has 1 fully saturated rings. The van der Waals surface area contributed by atoms with Crippen LogP contribution in [0.1, 0.15) is 6.92 Å². The van der Waals surface area contributed by atoms with Crippen molar-refractivity contribution >= 4 is 35.8 Å². The van der Waals surface area contributed by atoms with Crippen LogP contribution in [-0.2, 0) is 9.31 Å². The molecule has 1 saturated heterocycles. The summed E-state index contributed by atoms with van der Waals surface area (Å²) in [5, 5.41) is 1.19. The second-order valence-corrected chi connectivity index (χ2v) is 4.19. The number of hydrogen-bond donors (Lipinski definition) is 0. The van der Waals surface area contributed by atoms with E-state index in [1.165, 1.54) is 0 Å². The molecular formula is C9H9BCl2O2. The Bertz CT molecular complexity index is 325. The Morgan fingerprint density at radius 1 is 1.29 bits per heavy atom. The van der Waals surface area contributed by atoms with E-state index in [1.54, 1.807) is 18.2 Å². The lowest BCUT2D eigenvalue weighted by atomic mass is 9.79. The summed E-state index contributed by atoms with van der Waals surface area (Å²) in [6, 6.07) is 5.29. The van der Waals surface area contributed by atoms with Crippen molar-refractivity contribution in [2.45, 2.75) is 13.0 Å². The maximum atomic E-state index is 5.87. The van der Waals surface area contributed by atoms with Gasteiger partial charge in [-0.2, -0.15) is 0 Å². The fraction of sp³-hybridized carbons (Fsp3) is 0.333. The number of hydrogen-bond acceptors (Lipinski definition) is 2. The molecule has 1 atom stereocenters. The summed E-state index contributed by atoms with van der Waals surface area (Å²) in [5.74, 6) is 0. The lowest BCUT2D eigenvalue weighted by Crippen LogP contribution is -2.32. The minimum Gasteiger partial charge on any atom is -0.405 e. The van der Waals surface area contributed by atoms with Crippen LogP contribution in [0.2, 0.25) is 10.0 Å². The largest absolute Gasteiger partial charge is 0.494 e. The topological polar surface area (TPSA) is 18.5 Å². The second-order valence-electron chi connectivity index (χ2n) is 3.31. The van der Waals surface area contributed by atoms with E-state index in [9.17, 15) is 0 Å². The standard InChI is InChI=1S/C9H9BCl2O2/c1-6-5-13-10(14-6)7-2-8(11)4-9(12)3-7/h2-4,6H,5H2,1H3. The highest BCUT2D eigenvalue weighted by molar-refractivity contribution is 6.62. The maximum Gasteiger partial charge on any atom is 0.494 e. The fourth-order valence-electron chi connectivity index (χ4n) is 1.40. The Kier molecular flexibility index (Phi) is 3.03. The molecule has 1 aliphatic heterocycles. The van der Waals surface area contributed by atoms with Gasteiger partial charge in [0, 0.05) is 10.0 Å². The fourth-order valence-corrected chi connectivity index (χ4v) is 1.94. The van der Waals surface area contributed by atoms with Crippen molar-refractivity contribution in [3.63, 3.8) is 0 Å². The van der Waals surface area contributed by atoms with Gasteiger partial charge >= 0.3 is 7.12 Å². The molecular weight excluding hydrogens is 222 g/mol. The molecule has 1 aromatic rings. The maximum absolute atomic E-state index is 5.87. The van der Waals surface area contributed by atoms with E-state index >= 15 is 0 Å². The summed E-state index contributed by atoms with van der Waals surface area (Å²) in [4.78, 5) is 0. The van der Waals surface area contributed by atoms with Gasteiger partial charge in [-0.3, -0.25) is 0 Å². The lowest BCUT2D eigenvalue weighted by molar-refractivity contribution is 0.258. The molecule has 0 amide bonds. The Morgan fingerprint density at radius 3 is 2.43 bits per heavy atom.